The minimum absolute atomic E-state index is 0. The minimum atomic E-state index is -1.03. The van der Waals surface area contributed by atoms with Crippen LogP contribution in [0.4, 0.5) is 0 Å². The molecule has 162 valence electrons. The molecule has 0 aliphatic heterocycles. The number of methoxy groups -OCH3 is 1. The second-order valence-electron chi connectivity index (χ2n) is 6.89. The lowest BCUT2D eigenvalue weighted by molar-refractivity contribution is -0.141. The second-order valence-corrected chi connectivity index (χ2v) is 7.96. The van der Waals surface area contributed by atoms with Gasteiger partial charge < -0.3 is 15.2 Å². The molecule has 0 bridgehead atoms. The highest BCUT2D eigenvalue weighted by Crippen LogP contribution is 2.13. The van der Waals surface area contributed by atoms with E-state index in [4.69, 9.17) is 9.84 Å². The number of thioether (sulfide) groups is 1. The summed E-state index contributed by atoms with van der Waals surface area (Å²) in [5.74, 6) is -0.373. The Morgan fingerprint density at radius 3 is 2.14 bits per heavy atom. The van der Waals surface area contributed by atoms with Crippen LogP contribution in [0.2, 0.25) is 0 Å². The van der Waals surface area contributed by atoms with E-state index in [9.17, 15) is 9.59 Å². The van der Waals surface area contributed by atoms with Crippen LogP contribution < -0.4 is 5.32 Å². The number of hydrogen-bond acceptors (Lipinski definition) is 4. The van der Waals surface area contributed by atoms with E-state index < -0.39 is 17.9 Å². The molecule has 0 aromatic heterocycles. The molecule has 1 amide bonds. The molecular weight excluding hydrogens is 374 g/mol. The number of carbonyl (C=O) groups is 2. The first-order valence-corrected chi connectivity index (χ1v) is 10.4. The molecule has 0 saturated carbocycles. The summed E-state index contributed by atoms with van der Waals surface area (Å²) in [6.45, 7) is 8.39. The third-order valence-corrected chi connectivity index (χ3v) is 4.84. The Morgan fingerprint density at radius 2 is 1.61 bits per heavy atom. The van der Waals surface area contributed by atoms with Crippen molar-refractivity contribution in [3.8, 4) is 0 Å². The zero-order valence-corrected chi connectivity index (χ0v) is 18.2. The lowest BCUT2D eigenvalue weighted by atomic mass is 10.1. The lowest BCUT2D eigenvalue weighted by Crippen LogP contribution is -2.44. The summed E-state index contributed by atoms with van der Waals surface area (Å²) in [6, 6.07) is -0.891. The number of aliphatic carboxylic acids is 1. The molecule has 6 heteroatoms. The molecule has 0 fully saturated rings. The first-order chi connectivity index (χ1) is 12.8. The van der Waals surface area contributed by atoms with E-state index in [2.05, 4.69) is 51.2 Å². The van der Waals surface area contributed by atoms with Crippen LogP contribution in [0.15, 0.2) is 34.9 Å². The fraction of sp³-hybridized carbons (Fsp3) is 0.636. The Kier molecular flexibility index (Phi) is 18.0. The molecule has 1 atom stereocenters. The van der Waals surface area contributed by atoms with Gasteiger partial charge in [-0.3, -0.25) is 4.79 Å². The quantitative estimate of drug-likeness (QED) is 0.310. The molecular formula is C22H39NO4S. The van der Waals surface area contributed by atoms with Crippen molar-refractivity contribution in [2.45, 2.75) is 66.8 Å². The first-order valence-electron chi connectivity index (χ1n) is 9.29. The van der Waals surface area contributed by atoms with Crippen LogP contribution in [0.3, 0.4) is 0 Å². The van der Waals surface area contributed by atoms with Crippen molar-refractivity contribution in [3.63, 3.8) is 0 Å². The lowest BCUT2D eigenvalue weighted by Gasteiger charge is -2.13. The van der Waals surface area contributed by atoms with Crippen LogP contribution in [-0.2, 0) is 14.3 Å². The SMILES string of the molecule is C.COCC(=O)N[C@@H](CSC/C=C(\C)CC/C=C(\C)CCC=C(C)C)C(=O)O. The molecule has 5 nitrogen and oxygen atoms in total. The zero-order chi connectivity index (χ0) is 20.7. The fourth-order valence-electron chi connectivity index (χ4n) is 2.27. The van der Waals surface area contributed by atoms with Gasteiger partial charge in [0.15, 0.2) is 0 Å². The predicted molar refractivity (Wildman–Crippen MR) is 121 cm³/mol. The second kappa shape index (κ2) is 17.6. The molecule has 0 radical (unpaired) electrons. The number of hydrogen-bond donors (Lipinski definition) is 2. The van der Waals surface area contributed by atoms with Crippen molar-refractivity contribution >= 4 is 23.6 Å². The summed E-state index contributed by atoms with van der Waals surface area (Å²) in [5.41, 5.74) is 4.08. The zero-order valence-electron chi connectivity index (χ0n) is 17.3. The van der Waals surface area contributed by atoms with Gasteiger partial charge >= 0.3 is 5.97 Å². The number of amides is 1. The maximum absolute atomic E-state index is 11.4. The highest BCUT2D eigenvalue weighted by atomic mass is 32.2. The van der Waals surface area contributed by atoms with Gasteiger partial charge in [0.25, 0.3) is 0 Å². The van der Waals surface area contributed by atoms with E-state index >= 15 is 0 Å². The monoisotopic (exact) mass is 413 g/mol. The van der Waals surface area contributed by atoms with Crippen molar-refractivity contribution in [1.82, 2.24) is 5.32 Å². The molecule has 0 aromatic carbocycles. The summed E-state index contributed by atoms with van der Waals surface area (Å²) in [4.78, 5) is 22.6. The number of carboxylic acids is 1. The van der Waals surface area contributed by atoms with Gasteiger partial charge in [0, 0.05) is 18.6 Å². The number of rotatable bonds is 14. The molecule has 0 saturated heterocycles. The number of allylic oxidation sites excluding steroid dienone is 5. The van der Waals surface area contributed by atoms with E-state index in [1.807, 2.05) is 0 Å². The summed E-state index contributed by atoms with van der Waals surface area (Å²) in [6.07, 6.45) is 10.9. The largest absolute Gasteiger partial charge is 0.480 e. The molecule has 0 aliphatic rings. The van der Waals surface area contributed by atoms with Crippen LogP contribution in [0, 0.1) is 0 Å². The van der Waals surface area contributed by atoms with Crippen molar-refractivity contribution in [2.24, 2.45) is 0 Å². The van der Waals surface area contributed by atoms with Gasteiger partial charge in [-0.25, -0.2) is 4.79 Å². The van der Waals surface area contributed by atoms with E-state index in [-0.39, 0.29) is 14.0 Å². The highest BCUT2D eigenvalue weighted by molar-refractivity contribution is 7.99. The summed E-state index contributed by atoms with van der Waals surface area (Å²) >= 11 is 1.50. The molecule has 0 aromatic rings. The Labute approximate surface area is 175 Å². The van der Waals surface area contributed by atoms with Crippen LogP contribution in [0.1, 0.15) is 60.8 Å². The molecule has 0 aliphatic carbocycles. The molecule has 28 heavy (non-hydrogen) atoms. The van der Waals surface area contributed by atoms with E-state index in [0.717, 1.165) is 31.4 Å². The van der Waals surface area contributed by atoms with Gasteiger partial charge in [0.1, 0.15) is 12.6 Å². The Balaban J connectivity index is 0. The summed E-state index contributed by atoms with van der Waals surface area (Å²) in [5, 5.41) is 11.6. The van der Waals surface area contributed by atoms with E-state index in [1.54, 1.807) is 0 Å². The Bertz CT molecular complexity index is 549. The van der Waals surface area contributed by atoms with Crippen molar-refractivity contribution < 1.29 is 19.4 Å². The highest BCUT2D eigenvalue weighted by Gasteiger charge is 2.19. The first kappa shape index (κ1) is 28.7. The molecule has 0 unspecified atom stereocenters. The van der Waals surface area contributed by atoms with Crippen molar-refractivity contribution in [2.75, 3.05) is 25.2 Å². The third-order valence-electron chi connectivity index (χ3n) is 3.87. The van der Waals surface area contributed by atoms with Gasteiger partial charge in [-0.15, -0.1) is 0 Å². The van der Waals surface area contributed by atoms with Crippen LogP contribution >= 0.6 is 11.8 Å². The van der Waals surface area contributed by atoms with Gasteiger partial charge in [0.2, 0.25) is 5.91 Å². The van der Waals surface area contributed by atoms with Gasteiger partial charge in [-0.1, -0.05) is 42.4 Å². The number of carboxylic acid groups (broad SMARTS) is 1. The summed E-state index contributed by atoms with van der Waals surface area (Å²) < 4.78 is 4.70. The Morgan fingerprint density at radius 1 is 1.04 bits per heavy atom. The fourth-order valence-corrected chi connectivity index (χ4v) is 3.27. The topological polar surface area (TPSA) is 75.6 Å². The number of ether oxygens (including phenoxy) is 1. The maximum atomic E-state index is 11.4. The Hall–Kier alpha value is -1.53. The van der Waals surface area contributed by atoms with Crippen LogP contribution in [-0.4, -0.2) is 48.2 Å². The van der Waals surface area contributed by atoms with Gasteiger partial charge in [-0.2, -0.15) is 11.8 Å². The summed E-state index contributed by atoms with van der Waals surface area (Å²) in [7, 11) is 1.40. The molecule has 2 N–H and O–H groups in total. The van der Waals surface area contributed by atoms with Crippen LogP contribution in [0.5, 0.6) is 0 Å². The van der Waals surface area contributed by atoms with Gasteiger partial charge in [0.05, 0.1) is 0 Å². The molecule has 0 rings (SSSR count). The predicted octanol–water partition coefficient (Wildman–Crippen LogP) is 4.99. The number of carbonyl (C=O) groups excluding carboxylic acids is 1. The molecule has 0 heterocycles. The number of nitrogens with one attached hydrogen (secondary N) is 1. The van der Waals surface area contributed by atoms with Gasteiger partial charge in [-0.05, 0) is 53.4 Å². The maximum Gasteiger partial charge on any atom is 0.327 e. The van der Waals surface area contributed by atoms with Crippen molar-refractivity contribution in [3.05, 3.63) is 34.9 Å². The third kappa shape index (κ3) is 16.6. The van der Waals surface area contributed by atoms with E-state index in [1.165, 1.54) is 35.6 Å². The minimum Gasteiger partial charge on any atom is -0.480 e. The standard InChI is InChI=1S/C21H35NO4S.CH4/c1-16(2)8-6-9-17(3)10-7-11-18(4)12-13-27-15-19(21(24)25)22-20(23)14-26-5;/h8,10,12,19H,6-7,9,11,13-15H2,1-5H3,(H,22,23)(H,24,25);1H4/b17-10+,18-12+;/t19-;/m0./s1. The van der Waals surface area contributed by atoms with Crippen LogP contribution in [0.25, 0.3) is 0 Å². The average molecular weight is 414 g/mol. The molecule has 0 spiro atoms. The normalized spacial score (nSPS) is 12.8. The smallest absolute Gasteiger partial charge is 0.327 e. The van der Waals surface area contributed by atoms with E-state index in [0.29, 0.717) is 5.75 Å². The average Bonchev–Trinajstić information content (AvgIpc) is 2.57. The van der Waals surface area contributed by atoms with Crippen molar-refractivity contribution in [1.29, 1.82) is 0 Å².